The number of hydrogen-bond acceptors (Lipinski definition) is 3. The molecular weight excluding hydrogens is 202 g/mol. The van der Waals surface area contributed by atoms with E-state index >= 15 is 0 Å². The molecule has 3 rings (SSSR count). The fourth-order valence-electron chi connectivity index (χ4n) is 2.70. The molecule has 16 heavy (non-hydrogen) atoms. The number of hydrogen-bond donors (Lipinski definition) is 1. The molecule has 1 saturated heterocycles. The van der Waals surface area contributed by atoms with E-state index < -0.39 is 0 Å². The molecule has 0 bridgehead atoms. The van der Waals surface area contributed by atoms with E-state index in [4.69, 9.17) is 9.72 Å². The van der Waals surface area contributed by atoms with Gasteiger partial charge in [-0.3, -0.25) is 0 Å². The van der Waals surface area contributed by atoms with Gasteiger partial charge in [0.2, 0.25) is 0 Å². The van der Waals surface area contributed by atoms with Crippen LogP contribution in [0.15, 0.2) is 0 Å². The Morgan fingerprint density at radius 3 is 3.25 bits per heavy atom. The van der Waals surface area contributed by atoms with Crippen molar-refractivity contribution in [2.45, 2.75) is 38.3 Å². The molecule has 0 saturated carbocycles. The van der Waals surface area contributed by atoms with Crippen LogP contribution < -0.4 is 5.32 Å². The lowest BCUT2D eigenvalue weighted by Gasteiger charge is -2.13. The van der Waals surface area contributed by atoms with Crippen molar-refractivity contribution in [3.05, 3.63) is 17.2 Å². The maximum absolute atomic E-state index is 5.67. The van der Waals surface area contributed by atoms with Gasteiger partial charge in [0.15, 0.2) is 0 Å². The number of nitrogens with one attached hydrogen (secondary N) is 1. The van der Waals surface area contributed by atoms with Gasteiger partial charge in [0, 0.05) is 45.3 Å². The Hall–Kier alpha value is -0.870. The Bertz CT molecular complexity index is 380. The van der Waals surface area contributed by atoms with Crippen LogP contribution >= 0.6 is 0 Å². The zero-order valence-corrected chi connectivity index (χ0v) is 9.83. The first kappa shape index (κ1) is 10.3. The summed E-state index contributed by atoms with van der Waals surface area (Å²) in [6.07, 6.45) is 4.87. The molecule has 2 aliphatic heterocycles. The fraction of sp³-hybridized carbons (Fsp3) is 0.750. The molecule has 0 radical (unpaired) electrons. The van der Waals surface area contributed by atoms with Crippen molar-refractivity contribution in [3.63, 3.8) is 0 Å². The molecule has 0 amide bonds. The average Bonchev–Trinajstić information content (AvgIpc) is 2.90. The third-order valence-electron chi connectivity index (χ3n) is 3.65. The summed E-state index contributed by atoms with van der Waals surface area (Å²) in [4.78, 5) is 4.73. The molecule has 1 N–H and O–H groups in total. The zero-order chi connectivity index (χ0) is 11.0. The van der Waals surface area contributed by atoms with Gasteiger partial charge in [-0.2, -0.15) is 0 Å². The molecule has 0 aromatic carbocycles. The SMILES string of the molecule is Cn1c(CC2CCCO2)nc2c1CCNC2. The molecule has 4 nitrogen and oxygen atoms in total. The number of imidazole rings is 1. The van der Waals surface area contributed by atoms with E-state index in [0.717, 1.165) is 32.5 Å². The van der Waals surface area contributed by atoms with Crippen LogP contribution in [-0.2, 0) is 31.2 Å². The highest BCUT2D eigenvalue weighted by atomic mass is 16.5. The van der Waals surface area contributed by atoms with Gasteiger partial charge in [0.05, 0.1) is 11.8 Å². The highest BCUT2D eigenvalue weighted by Gasteiger charge is 2.22. The maximum atomic E-state index is 5.67. The van der Waals surface area contributed by atoms with E-state index in [1.165, 1.54) is 30.1 Å². The topological polar surface area (TPSA) is 39.1 Å². The molecule has 1 aromatic rings. The number of ether oxygens (including phenoxy) is 1. The molecule has 1 fully saturated rings. The molecule has 4 heteroatoms. The third kappa shape index (κ3) is 1.76. The van der Waals surface area contributed by atoms with Crippen LogP contribution in [-0.4, -0.2) is 28.8 Å². The molecule has 3 heterocycles. The van der Waals surface area contributed by atoms with Crippen molar-refractivity contribution in [3.8, 4) is 0 Å². The fourth-order valence-corrected chi connectivity index (χ4v) is 2.70. The smallest absolute Gasteiger partial charge is 0.111 e. The molecule has 1 atom stereocenters. The Morgan fingerprint density at radius 2 is 2.50 bits per heavy atom. The second-order valence-electron chi connectivity index (χ2n) is 4.75. The van der Waals surface area contributed by atoms with Gasteiger partial charge in [-0.25, -0.2) is 4.98 Å². The van der Waals surface area contributed by atoms with Crippen molar-refractivity contribution in [1.82, 2.24) is 14.9 Å². The number of aromatic nitrogens is 2. The van der Waals surface area contributed by atoms with Crippen molar-refractivity contribution < 1.29 is 4.74 Å². The van der Waals surface area contributed by atoms with Crippen molar-refractivity contribution in [2.24, 2.45) is 7.05 Å². The summed E-state index contributed by atoms with van der Waals surface area (Å²) in [5.41, 5.74) is 2.65. The van der Waals surface area contributed by atoms with E-state index in [1.807, 2.05) is 0 Å². The van der Waals surface area contributed by atoms with Gasteiger partial charge in [0.25, 0.3) is 0 Å². The van der Waals surface area contributed by atoms with Crippen LogP contribution in [0.2, 0.25) is 0 Å². The minimum absolute atomic E-state index is 0.399. The highest BCUT2D eigenvalue weighted by molar-refractivity contribution is 5.20. The van der Waals surface area contributed by atoms with Crippen LogP contribution in [0.25, 0.3) is 0 Å². The molecule has 1 unspecified atom stereocenters. The standard InChI is InChI=1S/C12H19N3O/c1-15-11-4-5-13-8-10(11)14-12(15)7-9-3-2-6-16-9/h9,13H,2-8H2,1H3. The first-order valence-electron chi connectivity index (χ1n) is 6.20. The summed E-state index contributed by atoms with van der Waals surface area (Å²) < 4.78 is 7.95. The Labute approximate surface area is 96.0 Å². The van der Waals surface area contributed by atoms with Crippen molar-refractivity contribution in [1.29, 1.82) is 0 Å². The molecule has 1 aromatic heterocycles. The Kier molecular flexibility index (Phi) is 2.69. The summed E-state index contributed by atoms with van der Waals surface area (Å²) in [5, 5.41) is 3.37. The van der Waals surface area contributed by atoms with E-state index in [1.54, 1.807) is 0 Å². The minimum Gasteiger partial charge on any atom is -0.378 e. The second kappa shape index (κ2) is 4.18. The van der Waals surface area contributed by atoms with Crippen LogP contribution in [0, 0.1) is 0 Å². The van der Waals surface area contributed by atoms with E-state index in [-0.39, 0.29) is 0 Å². The largest absolute Gasteiger partial charge is 0.378 e. The zero-order valence-electron chi connectivity index (χ0n) is 9.83. The first-order valence-corrected chi connectivity index (χ1v) is 6.20. The van der Waals surface area contributed by atoms with Crippen LogP contribution in [0.4, 0.5) is 0 Å². The molecule has 0 spiro atoms. The number of rotatable bonds is 2. The van der Waals surface area contributed by atoms with Crippen molar-refractivity contribution >= 4 is 0 Å². The molecule has 88 valence electrons. The van der Waals surface area contributed by atoms with E-state index in [0.29, 0.717) is 6.10 Å². The third-order valence-corrected chi connectivity index (χ3v) is 3.65. The minimum atomic E-state index is 0.399. The Balaban J connectivity index is 1.81. The van der Waals surface area contributed by atoms with Gasteiger partial charge in [-0.15, -0.1) is 0 Å². The van der Waals surface area contributed by atoms with Crippen LogP contribution in [0.5, 0.6) is 0 Å². The summed E-state index contributed by atoms with van der Waals surface area (Å²) in [6.45, 7) is 2.93. The lowest BCUT2D eigenvalue weighted by atomic mass is 10.2. The summed E-state index contributed by atoms with van der Waals surface area (Å²) in [6, 6.07) is 0. The normalized spacial score (nSPS) is 24.7. The maximum Gasteiger partial charge on any atom is 0.111 e. The van der Waals surface area contributed by atoms with Gasteiger partial charge in [-0.05, 0) is 12.8 Å². The monoisotopic (exact) mass is 221 g/mol. The van der Waals surface area contributed by atoms with E-state index in [9.17, 15) is 0 Å². The summed E-state index contributed by atoms with van der Waals surface area (Å²) in [5.74, 6) is 1.20. The number of nitrogens with zero attached hydrogens (tertiary/aromatic N) is 2. The summed E-state index contributed by atoms with van der Waals surface area (Å²) >= 11 is 0. The van der Waals surface area contributed by atoms with Gasteiger partial charge in [0.1, 0.15) is 5.82 Å². The predicted octanol–water partition coefficient (Wildman–Crippen LogP) is 0.787. The van der Waals surface area contributed by atoms with Gasteiger partial charge < -0.3 is 14.6 Å². The first-order chi connectivity index (χ1) is 7.84. The van der Waals surface area contributed by atoms with Crippen LogP contribution in [0.1, 0.15) is 30.1 Å². The van der Waals surface area contributed by atoms with Gasteiger partial charge >= 0.3 is 0 Å². The molecule has 2 aliphatic rings. The van der Waals surface area contributed by atoms with Crippen molar-refractivity contribution in [2.75, 3.05) is 13.2 Å². The quantitative estimate of drug-likeness (QED) is 0.802. The summed E-state index contributed by atoms with van der Waals surface area (Å²) in [7, 11) is 2.14. The second-order valence-corrected chi connectivity index (χ2v) is 4.75. The van der Waals surface area contributed by atoms with E-state index in [2.05, 4.69) is 16.9 Å². The highest BCUT2D eigenvalue weighted by Crippen LogP contribution is 2.20. The average molecular weight is 221 g/mol. The van der Waals surface area contributed by atoms with Crippen LogP contribution in [0.3, 0.4) is 0 Å². The molecule has 0 aliphatic carbocycles. The lowest BCUT2D eigenvalue weighted by Crippen LogP contribution is -2.24. The lowest BCUT2D eigenvalue weighted by molar-refractivity contribution is 0.109. The molecular formula is C12H19N3O. The van der Waals surface area contributed by atoms with Gasteiger partial charge in [-0.1, -0.05) is 0 Å². The predicted molar refractivity (Wildman–Crippen MR) is 61.3 cm³/mol. The number of fused-ring (bicyclic) bond motifs is 1. The Morgan fingerprint density at radius 1 is 1.56 bits per heavy atom.